The number of halogens is 1. The third-order valence-corrected chi connectivity index (χ3v) is 3.91. The molecule has 0 saturated carbocycles. The molecule has 0 fully saturated rings. The zero-order chi connectivity index (χ0) is 17.8. The molecule has 134 valence electrons. The van der Waals surface area contributed by atoms with E-state index in [9.17, 15) is 4.39 Å². The Balaban J connectivity index is 0.000000150. The van der Waals surface area contributed by atoms with Crippen LogP contribution in [-0.4, -0.2) is 14.4 Å². The van der Waals surface area contributed by atoms with Crippen molar-refractivity contribution in [2.24, 2.45) is 0 Å². The summed E-state index contributed by atoms with van der Waals surface area (Å²) in [6, 6.07) is 24.0. The van der Waals surface area contributed by atoms with Crippen LogP contribution in [0.4, 0.5) is 4.39 Å². The van der Waals surface area contributed by atoms with Crippen LogP contribution < -0.4 is 0 Å². The van der Waals surface area contributed by atoms with Crippen LogP contribution in [0.1, 0.15) is 0 Å². The number of rotatable bonds is 1. The van der Waals surface area contributed by atoms with E-state index in [0.29, 0.717) is 0 Å². The van der Waals surface area contributed by atoms with E-state index in [2.05, 4.69) is 34.2 Å². The molecular formula is C22H14FN3Pt. The second-order valence-electron chi connectivity index (χ2n) is 5.61. The molecule has 0 aliphatic rings. The quantitative estimate of drug-likeness (QED) is 0.285. The van der Waals surface area contributed by atoms with Crippen molar-refractivity contribution in [3.05, 3.63) is 103 Å². The van der Waals surface area contributed by atoms with Crippen LogP contribution in [0.2, 0.25) is 0 Å². The molecule has 0 aliphatic carbocycles. The SMILES string of the molecule is Fc1c[c-]c(-c2ccccn2)cc1.[Pt+2].[c-]1cccc2ccn3ccnc3c12. The number of pyridine rings is 2. The number of benzene rings is 2. The summed E-state index contributed by atoms with van der Waals surface area (Å²) < 4.78 is 14.5. The molecule has 0 spiro atoms. The minimum Gasteiger partial charge on any atom is -0.347 e. The van der Waals surface area contributed by atoms with Crippen LogP contribution in [0.3, 0.4) is 0 Å². The summed E-state index contributed by atoms with van der Waals surface area (Å²) in [5.41, 5.74) is 2.59. The summed E-state index contributed by atoms with van der Waals surface area (Å²) in [5.74, 6) is -0.278. The predicted octanol–water partition coefficient (Wildman–Crippen LogP) is 4.97. The van der Waals surface area contributed by atoms with Crippen LogP contribution in [0.15, 0.2) is 85.5 Å². The molecule has 3 nitrogen and oxygen atoms in total. The summed E-state index contributed by atoms with van der Waals surface area (Å²) in [6.07, 6.45) is 7.45. The average Bonchev–Trinajstić information content (AvgIpc) is 3.19. The van der Waals surface area contributed by atoms with Crippen molar-refractivity contribution >= 4 is 16.4 Å². The van der Waals surface area contributed by atoms with Crippen molar-refractivity contribution < 1.29 is 25.5 Å². The normalized spacial score (nSPS) is 10.1. The second kappa shape index (κ2) is 8.70. The fourth-order valence-electron chi connectivity index (χ4n) is 2.66. The molecule has 3 aromatic heterocycles. The van der Waals surface area contributed by atoms with E-state index < -0.39 is 0 Å². The van der Waals surface area contributed by atoms with Gasteiger partial charge in [0.1, 0.15) is 0 Å². The van der Waals surface area contributed by atoms with E-state index >= 15 is 0 Å². The van der Waals surface area contributed by atoms with Crippen LogP contribution in [0, 0.1) is 17.9 Å². The maximum Gasteiger partial charge on any atom is 2.00 e. The molecule has 5 rings (SSSR count). The van der Waals surface area contributed by atoms with Gasteiger partial charge in [-0.15, -0.1) is 64.9 Å². The first-order chi connectivity index (χ1) is 12.8. The first-order valence-corrected chi connectivity index (χ1v) is 8.12. The maximum absolute atomic E-state index is 12.6. The number of imidazole rings is 1. The first-order valence-electron chi connectivity index (χ1n) is 8.12. The topological polar surface area (TPSA) is 30.2 Å². The monoisotopic (exact) mass is 534 g/mol. The van der Waals surface area contributed by atoms with Gasteiger partial charge in [0.15, 0.2) is 0 Å². The molecule has 27 heavy (non-hydrogen) atoms. The second-order valence-corrected chi connectivity index (χ2v) is 5.61. The van der Waals surface area contributed by atoms with Gasteiger partial charge in [0.2, 0.25) is 0 Å². The van der Waals surface area contributed by atoms with E-state index in [-0.39, 0.29) is 26.9 Å². The summed E-state index contributed by atoms with van der Waals surface area (Å²) in [6.45, 7) is 0. The Morgan fingerprint density at radius 2 is 1.78 bits per heavy atom. The number of hydrogen-bond acceptors (Lipinski definition) is 2. The standard InChI is InChI=1S/C11H7FN.C11H7N2.Pt/c12-10-6-4-9(5-7-10)11-3-1-2-8-13-11;1-2-4-10-9(3-1)5-7-13-8-6-12-11(10)13;/h1-4,6-8H;1-3,5-8H;/q2*-1;+2. The van der Waals surface area contributed by atoms with E-state index in [1.807, 2.05) is 47.1 Å². The number of fused-ring (bicyclic) bond motifs is 3. The van der Waals surface area contributed by atoms with Crippen molar-refractivity contribution in [2.75, 3.05) is 0 Å². The zero-order valence-corrected chi connectivity index (χ0v) is 16.4. The third-order valence-electron chi connectivity index (χ3n) is 3.91. The Bertz CT molecular complexity index is 1140. The molecule has 5 aromatic rings. The summed E-state index contributed by atoms with van der Waals surface area (Å²) >= 11 is 0. The fourth-order valence-corrected chi connectivity index (χ4v) is 2.66. The molecule has 0 unspecified atom stereocenters. The minimum absolute atomic E-state index is 0. The smallest absolute Gasteiger partial charge is 0.347 e. The van der Waals surface area contributed by atoms with E-state index in [1.165, 1.54) is 17.5 Å². The molecule has 0 atom stereocenters. The Hall–Kier alpha value is -2.84. The van der Waals surface area contributed by atoms with Gasteiger partial charge in [0.05, 0.1) is 5.65 Å². The summed E-state index contributed by atoms with van der Waals surface area (Å²) in [5, 5.41) is 2.26. The van der Waals surface area contributed by atoms with Gasteiger partial charge in [-0.05, 0) is 18.0 Å². The number of nitrogens with zero attached hydrogens (tertiary/aromatic N) is 3. The molecule has 0 radical (unpaired) electrons. The van der Waals surface area contributed by atoms with Gasteiger partial charge in [0.25, 0.3) is 0 Å². The van der Waals surface area contributed by atoms with Crippen molar-refractivity contribution in [2.45, 2.75) is 0 Å². The van der Waals surface area contributed by atoms with Crippen LogP contribution in [0.5, 0.6) is 0 Å². The molecule has 0 saturated heterocycles. The van der Waals surface area contributed by atoms with Crippen LogP contribution in [0.25, 0.3) is 27.7 Å². The minimum atomic E-state index is -0.278. The summed E-state index contributed by atoms with van der Waals surface area (Å²) in [7, 11) is 0. The molecule has 0 amide bonds. The Labute approximate surface area is 170 Å². The van der Waals surface area contributed by atoms with E-state index in [1.54, 1.807) is 18.5 Å². The Kier molecular flexibility index (Phi) is 6.10. The number of aromatic nitrogens is 3. The molecular weight excluding hydrogens is 520 g/mol. The van der Waals surface area contributed by atoms with Gasteiger partial charge in [-0.1, -0.05) is 18.2 Å². The maximum atomic E-state index is 12.6. The van der Waals surface area contributed by atoms with Crippen molar-refractivity contribution in [3.63, 3.8) is 0 Å². The average molecular weight is 534 g/mol. The molecule has 0 bridgehead atoms. The van der Waals surface area contributed by atoms with E-state index in [0.717, 1.165) is 22.3 Å². The molecule has 5 heteroatoms. The van der Waals surface area contributed by atoms with Crippen molar-refractivity contribution in [1.29, 1.82) is 0 Å². The van der Waals surface area contributed by atoms with Crippen LogP contribution >= 0.6 is 0 Å². The van der Waals surface area contributed by atoms with Gasteiger partial charge >= 0.3 is 21.1 Å². The Morgan fingerprint density at radius 3 is 2.56 bits per heavy atom. The summed E-state index contributed by atoms with van der Waals surface area (Å²) in [4.78, 5) is 8.40. The third kappa shape index (κ3) is 4.29. The van der Waals surface area contributed by atoms with Gasteiger partial charge < -0.3 is 9.38 Å². The largest absolute Gasteiger partial charge is 2.00 e. The molecule has 0 N–H and O–H groups in total. The van der Waals surface area contributed by atoms with Gasteiger partial charge in [0, 0.05) is 24.4 Å². The predicted molar refractivity (Wildman–Crippen MR) is 100 cm³/mol. The zero-order valence-electron chi connectivity index (χ0n) is 14.1. The first kappa shape index (κ1) is 18.9. The van der Waals surface area contributed by atoms with Gasteiger partial charge in [-0.3, -0.25) is 9.37 Å². The fraction of sp³-hybridized carbons (Fsp3) is 0. The molecule has 3 heterocycles. The number of hydrogen-bond donors (Lipinski definition) is 0. The Morgan fingerprint density at radius 1 is 0.852 bits per heavy atom. The van der Waals surface area contributed by atoms with Crippen LogP contribution in [-0.2, 0) is 21.1 Å². The molecule has 2 aromatic carbocycles. The van der Waals surface area contributed by atoms with Gasteiger partial charge in [-0.2, -0.15) is 0 Å². The van der Waals surface area contributed by atoms with E-state index in [4.69, 9.17) is 0 Å². The van der Waals surface area contributed by atoms with Crippen molar-refractivity contribution in [1.82, 2.24) is 14.4 Å². The van der Waals surface area contributed by atoms with Gasteiger partial charge in [-0.25, -0.2) is 0 Å². The van der Waals surface area contributed by atoms with Crippen molar-refractivity contribution in [3.8, 4) is 11.3 Å². The molecule has 0 aliphatic heterocycles.